The van der Waals surface area contributed by atoms with Crippen molar-refractivity contribution in [1.82, 2.24) is 24.2 Å². The molecule has 36 heavy (non-hydrogen) atoms. The Labute approximate surface area is 203 Å². The summed E-state index contributed by atoms with van der Waals surface area (Å²) in [6.45, 7) is 3.38. The third-order valence-electron chi connectivity index (χ3n) is 6.37. The topological polar surface area (TPSA) is 129 Å². The van der Waals surface area contributed by atoms with E-state index in [2.05, 4.69) is 15.0 Å². The van der Waals surface area contributed by atoms with E-state index >= 15 is 0 Å². The van der Waals surface area contributed by atoms with Gasteiger partial charge in [0, 0.05) is 37.9 Å². The summed E-state index contributed by atoms with van der Waals surface area (Å²) in [5.74, 6) is -1.10. The van der Waals surface area contributed by atoms with E-state index in [1.54, 1.807) is 13.3 Å². The van der Waals surface area contributed by atoms with Crippen molar-refractivity contribution in [2.75, 3.05) is 20.2 Å². The molecule has 2 fully saturated rings. The maximum atomic E-state index is 12.7. The zero-order valence-corrected chi connectivity index (χ0v) is 19.5. The molecule has 0 amide bonds. The largest absolute Gasteiger partial charge is 0.490 e. The Kier molecular flexibility index (Phi) is 7.18. The van der Waals surface area contributed by atoms with Crippen LogP contribution in [0, 0.1) is 5.92 Å². The molecule has 1 atom stereocenters. The van der Waals surface area contributed by atoms with Crippen LogP contribution in [0.5, 0.6) is 5.88 Å². The van der Waals surface area contributed by atoms with Crippen LogP contribution in [0.2, 0.25) is 0 Å². The normalized spacial score (nSPS) is 21.6. The molecule has 11 nitrogen and oxygen atoms in total. The van der Waals surface area contributed by atoms with E-state index in [1.807, 2.05) is 12.1 Å². The third kappa shape index (κ3) is 5.75. The number of ether oxygens (including phenoxy) is 2. The van der Waals surface area contributed by atoms with Crippen molar-refractivity contribution in [2.24, 2.45) is 5.92 Å². The van der Waals surface area contributed by atoms with Gasteiger partial charge in [-0.25, -0.2) is 14.5 Å². The number of aromatic nitrogens is 4. The second-order valence-corrected chi connectivity index (χ2v) is 9.15. The molecule has 0 radical (unpaired) electrons. The molecule has 2 aromatic heterocycles. The van der Waals surface area contributed by atoms with Gasteiger partial charge in [0.1, 0.15) is 12.2 Å². The minimum absolute atomic E-state index is 0.254. The standard InChI is InChI=1S/C20H25N5O4.C2HF3O2/c1-28-17-15(3-2-7-21-17)10-23-8-6-20(12-23)13-24-16(11-29-20)22-25(9-14-4-5-14)19(27)18(24)26;3-2(4,5)1(6)7/h2-3,7,14H,4-6,8-13H2,1H3;(H,6,7). The number of alkyl halides is 3. The summed E-state index contributed by atoms with van der Waals surface area (Å²) in [4.78, 5) is 40.6. The van der Waals surface area contributed by atoms with Gasteiger partial charge in [0.15, 0.2) is 5.82 Å². The van der Waals surface area contributed by atoms with Gasteiger partial charge in [-0.2, -0.15) is 18.3 Å². The predicted octanol–water partition coefficient (Wildman–Crippen LogP) is 1.03. The van der Waals surface area contributed by atoms with Crippen LogP contribution in [0.25, 0.3) is 0 Å². The number of carbonyl (C=O) groups is 1. The van der Waals surface area contributed by atoms with Gasteiger partial charge in [-0.1, -0.05) is 6.07 Å². The van der Waals surface area contributed by atoms with Crippen molar-refractivity contribution in [3.05, 3.63) is 50.4 Å². The van der Waals surface area contributed by atoms with E-state index in [0.717, 1.165) is 31.4 Å². The second kappa shape index (κ2) is 10.0. The highest BCUT2D eigenvalue weighted by atomic mass is 19.4. The van der Waals surface area contributed by atoms with Crippen molar-refractivity contribution in [2.45, 2.75) is 57.3 Å². The minimum Gasteiger partial charge on any atom is -0.481 e. The van der Waals surface area contributed by atoms with Gasteiger partial charge in [-0.05, 0) is 31.2 Å². The molecular formula is C22H26F3N5O6. The number of halogens is 3. The van der Waals surface area contributed by atoms with Crippen molar-refractivity contribution in [1.29, 1.82) is 0 Å². The monoisotopic (exact) mass is 513 g/mol. The molecule has 2 aliphatic heterocycles. The number of fused-ring (bicyclic) bond motifs is 1. The van der Waals surface area contributed by atoms with Gasteiger partial charge < -0.3 is 14.6 Å². The highest BCUT2D eigenvalue weighted by Crippen LogP contribution is 2.33. The fraction of sp³-hybridized carbons (Fsp3) is 0.591. The lowest BCUT2D eigenvalue weighted by molar-refractivity contribution is -0.192. The van der Waals surface area contributed by atoms with Gasteiger partial charge >= 0.3 is 23.3 Å². The van der Waals surface area contributed by atoms with Crippen molar-refractivity contribution >= 4 is 5.97 Å². The molecule has 1 saturated heterocycles. The summed E-state index contributed by atoms with van der Waals surface area (Å²) >= 11 is 0. The number of likely N-dealkylation sites (tertiary alicyclic amines) is 1. The number of nitrogens with zero attached hydrogens (tertiary/aromatic N) is 5. The van der Waals surface area contributed by atoms with E-state index in [1.165, 1.54) is 9.25 Å². The molecule has 5 rings (SSSR count). The number of rotatable bonds is 5. The van der Waals surface area contributed by atoms with Crippen LogP contribution in [0.4, 0.5) is 13.2 Å². The number of aliphatic carboxylic acids is 1. The van der Waals surface area contributed by atoms with Gasteiger partial charge in [-0.3, -0.25) is 19.1 Å². The molecule has 1 N–H and O–H groups in total. The summed E-state index contributed by atoms with van der Waals surface area (Å²) in [7, 11) is 1.62. The zero-order chi connectivity index (χ0) is 26.1. The quantitative estimate of drug-likeness (QED) is 0.583. The van der Waals surface area contributed by atoms with Gasteiger partial charge in [0.05, 0.1) is 13.7 Å². The first-order valence-corrected chi connectivity index (χ1v) is 11.4. The first-order valence-electron chi connectivity index (χ1n) is 11.4. The highest BCUT2D eigenvalue weighted by molar-refractivity contribution is 5.73. The van der Waals surface area contributed by atoms with Crippen LogP contribution in [-0.4, -0.2) is 67.3 Å². The number of methoxy groups -OCH3 is 1. The average Bonchev–Trinajstić information content (AvgIpc) is 3.58. The van der Waals surface area contributed by atoms with Crippen LogP contribution >= 0.6 is 0 Å². The van der Waals surface area contributed by atoms with Crippen molar-refractivity contribution in [3.63, 3.8) is 0 Å². The van der Waals surface area contributed by atoms with Crippen LogP contribution in [0.1, 0.15) is 30.7 Å². The lowest BCUT2D eigenvalue weighted by atomic mass is 10.0. The molecular weight excluding hydrogens is 487 g/mol. The Balaban J connectivity index is 0.000000384. The minimum atomic E-state index is -5.08. The number of carboxylic acids is 1. The molecule has 3 aliphatic rings. The Hall–Kier alpha value is -3.26. The van der Waals surface area contributed by atoms with Gasteiger partial charge in [0.25, 0.3) is 0 Å². The first kappa shape index (κ1) is 25.8. The maximum Gasteiger partial charge on any atom is 0.490 e. The zero-order valence-electron chi connectivity index (χ0n) is 19.5. The van der Waals surface area contributed by atoms with E-state index in [9.17, 15) is 22.8 Å². The molecule has 14 heteroatoms. The SMILES string of the molecule is COc1ncccc1CN1CCC2(C1)Cn1c(nn(CC3CC3)c(=O)c1=O)CO2.O=C(O)C(F)(F)F. The van der Waals surface area contributed by atoms with Gasteiger partial charge in [-0.15, -0.1) is 0 Å². The highest BCUT2D eigenvalue weighted by Gasteiger charge is 2.43. The summed E-state index contributed by atoms with van der Waals surface area (Å²) < 4.78 is 46.2. The van der Waals surface area contributed by atoms with E-state index in [0.29, 0.717) is 43.8 Å². The predicted molar refractivity (Wildman–Crippen MR) is 117 cm³/mol. The maximum absolute atomic E-state index is 12.7. The number of carboxylic acid groups (broad SMARTS) is 1. The fourth-order valence-electron chi connectivity index (χ4n) is 4.35. The van der Waals surface area contributed by atoms with Crippen LogP contribution in [0.3, 0.4) is 0 Å². The van der Waals surface area contributed by atoms with E-state index in [4.69, 9.17) is 19.4 Å². The Morgan fingerprint density at radius 2 is 2.00 bits per heavy atom. The van der Waals surface area contributed by atoms with Crippen LogP contribution in [0.15, 0.2) is 27.9 Å². The molecule has 1 aliphatic carbocycles. The van der Waals surface area contributed by atoms with Crippen LogP contribution < -0.4 is 15.9 Å². The molecule has 0 aromatic carbocycles. The molecule has 1 unspecified atom stereocenters. The van der Waals surface area contributed by atoms with Crippen molar-refractivity contribution in [3.8, 4) is 5.88 Å². The summed E-state index contributed by atoms with van der Waals surface area (Å²) in [5.41, 5.74) is -0.452. The molecule has 0 bridgehead atoms. The molecule has 1 saturated carbocycles. The van der Waals surface area contributed by atoms with Gasteiger partial charge in [0.2, 0.25) is 5.88 Å². The lowest BCUT2D eigenvalue weighted by Crippen LogP contribution is -2.53. The Bertz CT molecular complexity index is 1240. The number of hydrogen-bond acceptors (Lipinski definition) is 8. The smallest absolute Gasteiger partial charge is 0.481 e. The average molecular weight is 513 g/mol. The number of pyridine rings is 1. The lowest BCUT2D eigenvalue weighted by Gasteiger charge is -2.35. The fourth-order valence-corrected chi connectivity index (χ4v) is 4.35. The third-order valence-corrected chi connectivity index (χ3v) is 6.37. The molecule has 4 heterocycles. The first-order chi connectivity index (χ1) is 17.0. The molecule has 2 aromatic rings. The second-order valence-electron chi connectivity index (χ2n) is 9.15. The summed E-state index contributed by atoms with van der Waals surface area (Å²) in [6, 6.07) is 3.90. The summed E-state index contributed by atoms with van der Waals surface area (Å²) in [5, 5.41) is 11.5. The van der Waals surface area contributed by atoms with E-state index in [-0.39, 0.29) is 6.61 Å². The number of hydrogen-bond donors (Lipinski definition) is 1. The molecule has 1 spiro atoms. The van der Waals surface area contributed by atoms with E-state index < -0.39 is 28.9 Å². The summed E-state index contributed by atoms with van der Waals surface area (Å²) in [6.07, 6.45) is -0.371. The molecule has 196 valence electrons. The van der Waals surface area contributed by atoms with Crippen LogP contribution in [-0.2, 0) is 35.8 Å². The Morgan fingerprint density at radius 1 is 1.28 bits per heavy atom. The van der Waals surface area contributed by atoms with Crippen molar-refractivity contribution < 1.29 is 32.5 Å². The Morgan fingerprint density at radius 3 is 2.64 bits per heavy atom.